The topological polar surface area (TPSA) is 47.5 Å². The molecule has 0 unspecified atom stereocenters. The summed E-state index contributed by atoms with van der Waals surface area (Å²) in [4.78, 5) is 10.9. The number of pyridine rings is 1. The molecule has 2 aliphatic rings. The van der Waals surface area contributed by atoms with Crippen molar-refractivity contribution in [3.63, 3.8) is 0 Å². The summed E-state index contributed by atoms with van der Waals surface area (Å²) >= 11 is 1.72. The molecule has 1 spiro atoms. The summed E-state index contributed by atoms with van der Waals surface area (Å²) in [5, 5.41) is 3.22. The highest BCUT2D eigenvalue weighted by Crippen LogP contribution is 2.37. The van der Waals surface area contributed by atoms with Crippen molar-refractivity contribution in [1.29, 1.82) is 0 Å². The molecule has 23 heavy (non-hydrogen) atoms. The van der Waals surface area contributed by atoms with Crippen LogP contribution in [0, 0.1) is 0 Å². The van der Waals surface area contributed by atoms with E-state index in [4.69, 9.17) is 9.47 Å². The normalized spacial score (nSPS) is 27.9. The zero-order valence-electron chi connectivity index (χ0n) is 13.1. The van der Waals surface area contributed by atoms with Gasteiger partial charge in [-0.2, -0.15) is 0 Å². The smallest absolute Gasteiger partial charge is 0.107 e. The third-order valence-corrected chi connectivity index (χ3v) is 5.39. The first-order valence-electron chi connectivity index (χ1n) is 8.07. The third kappa shape index (κ3) is 3.61. The van der Waals surface area contributed by atoms with Gasteiger partial charge in [-0.3, -0.25) is 9.88 Å². The van der Waals surface area contributed by atoms with E-state index in [1.54, 1.807) is 17.5 Å². The van der Waals surface area contributed by atoms with Crippen molar-refractivity contribution in [3.05, 3.63) is 46.7 Å². The van der Waals surface area contributed by atoms with E-state index in [1.165, 1.54) is 5.01 Å². The predicted molar refractivity (Wildman–Crippen MR) is 88.1 cm³/mol. The second-order valence-electron chi connectivity index (χ2n) is 6.38. The van der Waals surface area contributed by atoms with Gasteiger partial charge in [0.15, 0.2) is 0 Å². The number of likely N-dealkylation sites (tertiary alicyclic amines) is 1. The number of thiazole rings is 1. The van der Waals surface area contributed by atoms with E-state index in [9.17, 15) is 0 Å². The Kier molecular flexibility index (Phi) is 4.39. The van der Waals surface area contributed by atoms with Crippen molar-refractivity contribution in [1.82, 2.24) is 14.9 Å². The van der Waals surface area contributed by atoms with Crippen molar-refractivity contribution < 1.29 is 9.47 Å². The van der Waals surface area contributed by atoms with Gasteiger partial charge in [-0.1, -0.05) is 6.07 Å². The molecule has 6 heteroatoms. The van der Waals surface area contributed by atoms with Crippen LogP contribution in [0.15, 0.2) is 36.1 Å². The largest absolute Gasteiger partial charge is 0.371 e. The first kappa shape index (κ1) is 15.2. The van der Waals surface area contributed by atoms with Crippen LogP contribution in [0.1, 0.15) is 23.4 Å². The van der Waals surface area contributed by atoms with Crippen LogP contribution in [0.25, 0.3) is 0 Å². The Bertz CT molecular complexity index is 622. The molecule has 0 bridgehead atoms. The molecular weight excluding hydrogens is 310 g/mol. The van der Waals surface area contributed by atoms with Gasteiger partial charge in [-0.05, 0) is 18.1 Å². The molecule has 2 fully saturated rings. The minimum Gasteiger partial charge on any atom is -0.371 e. The lowest BCUT2D eigenvalue weighted by molar-refractivity contribution is -0.000453. The third-order valence-electron chi connectivity index (χ3n) is 4.62. The van der Waals surface area contributed by atoms with E-state index in [2.05, 4.69) is 14.9 Å². The quantitative estimate of drug-likeness (QED) is 0.842. The highest BCUT2D eigenvalue weighted by molar-refractivity contribution is 7.09. The van der Waals surface area contributed by atoms with Crippen LogP contribution in [0.4, 0.5) is 0 Å². The minimum atomic E-state index is -0.0170. The predicted octanol–water partition coefficient (Wildman–Crippen LogP) is 2.49. The number of ether oxygens (including phenoxy) is 2. The Morgan fingerprint density at radius 2 is 2.43 bits per heavy atom. The van der Waals surface area contributed by atoms with Crippen molar-refractivity contribution in [3.8, 4) is 0 Å². The standard InChI is InChI=1S/C17H21N3O2S/c1-2-14(9-18-4-1)11-21-15-8-17(22-12-15)3-6-20(13-17)10-16-19-5-7-23-16/h1-2,4-5,7,9,15H,3,6,8,10-13H2/t15-,17+/m0/s1. The zero-order valence-corrected chi connectivity index (χ0v) is 13.9. The van der Waals surface area contributed by atoms with Crippen molar-refractivity contribution in [2.24, 2.45) is 0 Å². The maximum atomic E-state index is 6.15. The van der Waals surface area contributed by atoms with E-state index >= 15 is 0 Å². The fourth-order valence-corrected chi connectivity index (χ4v) is 4.13. The molecule has 2 aromatic rings. The summed E-state index contributed by atoms with van der Waals surface area (Å²) in [7, 11) is 0. The fourth-order valence-electron chi connectivity index (χ4n) is 3.48. The highest BCUT2D eigenvalue weighted by atomic mass is 32.1. The lowest BCUT2D eigenvalue weighted by atomic mass is 9.98. The molecule has 2 atom stereocenters. The first-order valence-corrected chi connectivity index (χ1v) is 8.95. The number of nitrogens with zero attached hydrogens (tertiary/aromatic N) is 3. The molecule has 0 aromatic carbocycles. The van der Waals surface area contributed by atoms with Gasteiger partial charge in [0.25, 0.3) is 0 Å². The summed E-state index contributed by atoms with van der Waals surface area (Å²) in [5.41, 5.74) is 1.10. The van der Waals surface area contributed by atoms with Crippen molar-refractivity contribution in [2.45, 2.75) is 37.7 Å². The fraction of sp³-hybridized carbons (Fsp3) is 0.529. The summed E-state index contributed by atoms with van der Waals surface area (Å²) in [6.07, 6.45) is 7.78. The average Bonchev–Trinajstić information content (AvgIpc) is 3.31. The Labute approximate surface area is 140 Å². The Morgan fingerprint density at radius 3 is 3.26 bits per heavy atom. The van der Waals surface area contributed by atoms with E-state index in [-0.39, 0.29) is 11.7 Å². The summed E-state index contributed by atoms with van der Waals surface area (Å²) in [6, 6.07) is 3.99. The highest BCUT2D eigenvalue weighted by Gasteiger charge is 2.45. The Hall–Kier alpha value is -1.34. The van der Waals surface area contributed by atoms with E-state index in [1.807, 2.05) is 29.9 Å². The molecule has 0 saturated carbocycles. The zero-order chi connectivity index (χ0) is 15.5. The molecule has 0 aliphatic carbocycles. The molecule has 0 amide bonds. The van der Waals surface area contributed by atoms with Crippen LogP contribution >= 0.6 is 11.3 Å². The Morgan fingerprint density at radius 1 is 1.43 bits per heavy atom. The summed E-state index contributed by atoms with van der Waals surface area (Å²) in [6.45, 7) is 4.31. The summed E-state index contributed by atoms with van der Waals surface area (Å²) in [5.74, 6) is 0. The van der Waals surface area contributed by atoms with E-state index in [0.717, 1.165) is 38.0 Å². The van der Waals surface area contributed by atoms with Gasteiger partial charge in [-0.25, -0.2) is 4.98 Å². The van der Waals surface area contributed by atoms with Gasteiger partial charge < -0.3 is 9.47 Å². The number of rotatable bonds is 5. The monoisotopic (exact) mass is 331 g/mol. The Balaban J connectivity index is 1.28. The van der Waals surface area contributed by atoms with Gasteiger partial charge in [0, 0.05) is 43.5 Å². The van der Waals surface area contributed by atoms with Gasteiger partial charge in [-0.15, -0.1) is 11.3 Å². The van der Waals surface area contributed by atoms with E-state index in [0.29, 0.717) is 13.2 Å². The van der Waals surface area contributed by atoms with Crippen LogP contribution in [-0.2, 0) is 22.6 Å². The van der Waals surface area contributed by atoms with Gasteiger partial charge >= 0.3 is 0 Å². The molecule has 2 aromatic heterocycles. The summed E-state index contributed by atoms with van der Waals surface area (Å²) < 4.78 is 12.2. The second-order valence-corrected chi connectivity index (χ2v) is 7.36. The van der Waals surface area contributed by atoms with Gasteiger partial charge in [0.2, 0.25) is 0 Å². The van der Waals surface area contributed by atoms with Crippen LogP contribution in [-0.4, -0.2) is 46.3 Å². The average molecular weight is 331 g/mol. The number of hydrogen-bond acceptors (Lipinski definition) is 6. The molecule has 2 saturated heterocycles. The molecule has 4 heterocycles. The van der Waals surface area contributed by atoms with Crippen LogP contribution in [0.5, 0.6) is 0 Å². The maximum absolute atomic E-state index is 6.15. The molecule has 4 rings (SSSR count). The lowest BCUT2D eigenvalue weighted by Gasteiger charge is -2.23. The lowest BCUT2D eigenvalue weighted by Crippen LogP contribution is -2.32. The molecule has 2 aliphatic heterocycles. The van der Waals surface area contributed by atoms with Crippen molar-refractivity contribution in [2.75, 3.05) is 19.7 Å². The maximum Gasteiger partial charge on any atom is 0.107 e. The molecule has 5 nitrogen and oxygen atoms in total. The number of hydrogen-bond donors (Lipinski definition) is 0. The second kappa shape index (κ2) is 6.65. The molecule has 122 valence electrons. The van der Waals surface area contributed by atoms with Crippen LogP contribution in [0.2, 0.25) is 0 Å². The van der Waals surface area contributed by atoms with Crippen LogP contribution < -0.4 is 0 Å². The van der Waals surface area contributed by atoms with Crippen molar-refractivity contribution >= 4 is 11.3 Å². The number of aromatic nitrogens is 2. The molecule has 0 radical (unpaired) electrons. The first-order chi connectivity index (χ1) is 11.3. The SMILES string of the molecule is c1cncc(CO[C@@H]2CO[C@]3(CCN(Cc4nccs4)C3)C2)c1. The van der Waals surface area contributed by atoms with Gasteiger partial charge in [0.1, 0.15) is 5.01 Å². The van der Waals surface area contributed by atoms with Crippen LogP contribution in [0.3, 0.4) is 0 Å². The molecule has 0 N–H and O–H groups in total. The van der Waals surface area contributed by atoms with E-state index < -0.39 is 0 Å². The molecular formula is C17H21N3O2S. The minimum absolute atomic E-state index is 0.0170. The van der Waals surface area contributed by atoms with Gasteiger partial charge in [0.05, 0.1) is 31.5 Å².